The number of carbonyl (C=O) groups is 1. The topological polar surface area (TPSA) is 17.1 Å². The van der Waals surface area contributed by atoms with Crippen molar-refractivity contribution in [1.29, 1.82) is 0 Å². The van der Waals surface area contributed by atoms with Crippen molar-refractivity contribution in [2.45, 2.75) is 53.9 Å². The highest BCUT2D eigenvalue weighted by Crippen LogP contribution is 2.40. The van der Waals surface area contributed by atoms with Crippen LogP contribution in [0.5, 0.6) is 0 Å². The lowest BCUT2D eigenvalue weighted by molar-refractivity contribution is -0.106. The Labute approximate surface area is 134 Å². The highest BCUT2D eigenvalue weighted by molar-refractivity contribution is 5.72. The van der Waals surface area contributed by atoms with Crippen LogP contribution < -0.4 is 0 Å². The van der Waals surface area contributed by atoms with Gasteiger partial charge in [-0.05, 0) is 56.6 Å². The van der Waals surface area contributed by atoms with Crippen LogP contribution >= 0.6 is 0 Å². The first-order valence-electron chi connectivity index (χ1n) is 7.83. The van der Waals surface area contributed by atoms with Gasteiger partial charge < -0.3 is 0 Å². The van der Waals surface area contributed by atoms with E-state index in [4.69, 9.17) is 0 Å². The molecule has 0 N–H and O–H groups in total. The van der Waals surface area contributed by atoms with Crippen LogP contribution in [0.15, 0.2) is 58.5 Å². The monoisotopic (exact) mass is 302 g/mol. The van der Waals surface area contributed by atoms with Crippen molar-refractivity contribution in [3.8, 4) is 0 Å². The summed E-state index contributed by atoms with van der Waals surface area (Å²) in [5.74, 6) is -0.720. The zero-order valence-corrected chi connectivity index (χ0v) is 14.4. The molecule has 0 saturated heterocycles. The molecule has 0 saturated carbocycles. The molecule has 2 heteroatoms. The Hall–Kier alpha value is -1.70. The Morgan fingerprint density at radius 3 is 2.50 bits per heavy atom. The first-order chi connectivity index (χ1) is 10.3. The van der Waals surface area contributed by atoms with Crippen molar-refractivity contribution >= 4 is 6.29 Å². The van der Waals surface area contributed by atoms with Crippen LogP contribution in [0.4, 0.5) is 4.39 Å². The van der Waals surface area contributed by atoms with Crippen molar-refractivity contribution in [3.63, 3.8) is 0 Å². The van der Waals surface area contributed by atoms with E-state index in [-0.39, 0.29) is 11.7 Å². The maximum absolute atomic E-state index is 13.0. The zero-order valence-electron chi connectivity index (χ0n) is 14.4. The van der Waals surface area contributed by atoms with Crippen molar-refractivity contribution < 1.29 is 9.18 Å². The van der Waals surface area contributed by atoms with Gasteiger partial charge in [-0.1, -0.05) is 55.4 Å². The van der Waals surface area contributed by atoms with Crippen molar-refractivity contribution in [1.82, 2.24) is 0 Å². The van der Waals surface area contributed by atoms with Crippen LogP contribution in [-0.4, -0.2) is 6.29 Å². The number of hydrogen-bond donors (Lipinski definition) is 0. The Kier molecular flexibility index (Phi) is 6.73. The number of aldehydes is 1. The minimum atomic E-state index is -0.720. The molecule has 0 aromatic carbocycles. The second kappa shape index (κ2) is 8.07. The van der Waals surface area contributed by atoms with Gasteiger partial charge in [-0.2, -0.15) is 0 Å². The third-order valence-corrected chi connectivity index (χ3v) is 4.24. The summed E-state index contributed by atoms with van der Waals surface area (Å²) in [7, 11) is 0. The molecule has 1 aliphatic carbocycles. The van der Waals surface area contributed by atoms with E-state index < -0.39 is 5.83 Å². The zero-order chi connectivity index (χ0) is 16.8. The molecule has 1 nitrogen and oxygen atoms in total. The summed E-state index contributed by atoms with van der Waals surface area (Å²) in [4.78, 5) is 10.3. The quantitative estimate of drug-likeness (QED) is 0.345. The average molecular weight is 302 g/mol. The molecule has 120 valence electrons. The Balaban J connectivity index is 2.84. The Morgan fingerprint density at radius 1 is 1.23 bits per heavy atom. The summed E-state index contributed by atoms with van der Waals surface area (Å²) in [5, 5.41) is 0. The van der Waals surface area contributed by atoms with Gasteiger partial charge in [-0.15, -0.1) is 0 Å². The van der Waals surface area contributed by atoms with E-state index in [1.165, 1.54) is 30.4 Å². The van der Waals surface area contributed by atoms with E-state index in [0.29, 0.717) is 5.57 Å². The van der Waals surface area contributed by atoms with Gasteiger partial charge in [0.15, 0.2) is 12.1 Å². The lowest BCUT2D eigenvalue weighted by Crippen LogP contribution is -2.19. The van der Waals surface area contributed by atoms with Crippen LogP contribution in [0.25, 0.3) is 0 Å². The summed E-state index contributed by atoms with van der Waals surface area (Å²) in [6.45, 7) is 10.4. The van der Waals surface area contributed by atoms with Crippen LogP contribution in [0.1, 0.15) is 53.9 Å². The van der Waals surface area contributed by atoms with Gasteiger partial charge in [-0.25, -0.2) is 4.39 Å². The molecule has 1 aliphatic rings. The third-order valence-electron chi connectivity index (χ3n) is 4.24. The summed E-state index contributed by atoms with van der Waals surface area (Å²) in [6.07, 6.45) is 13.5. The summed E-state index contributed by atoms with van der Waals surface area (Å²) >= 11 is 0. The van der Waals surface area contributed by atoms with Gasteiger partial charge in [-0.3, -0.25) is 4.79 Å². The summed E-state index contributed by atoms with van der Waals surface area (Å²) in [6, 6.07) is 0. The first kappa shape index (κ1) is 18.3. The molecule has 0 aromatic rings. The van der Waals surface area contributed by atoms with Gasteiger partial charge in [0, 0.05) is 0 Å². The summed E-state index contributed by atoms with van der Waals surface area (Å²) < 4.78 is 13.0. The van der Waals surface area contributed by atoms with Gasteiger partial charge in [0.2, 0.25) is 0 Å². The predicted molar refractivity (Wildman–Crippen MR) is 92.2 cm³/mol. The van der Waals surface area contributed by atoms with E-state index in [1.807, 2.05) is 13.0 Å². The van der Waals surface area contributed by atoms with Crippen molar-refractivity contribution in [2.75, 3.05) is 0 Å². The maximum Gasteiger partial charge on any atom is 0.178 e. The lowest BCUT2D eigenvalue weighted by Gasteiger charge is -2.32. The molecule has 1 rings (SSSR count). The van der Waals surface area contributed by atoms with E-state index in [9.17, 15) is 9.18 Å². The minimum absolute atomic E-state index is 0.233. The third kappa shape index (κ3) is 5.25. The molecule has 0 heterocycles. The second-order valence-electron chi connectivity index (χ2n) is 6.68. The van der Waals surface area contributed by atoms with E-state index in [2.05, 4.69) is 32.9 Å². The van der Waals surface area contributed by atoms with Crippen LogP contribution in [-0.2, 0) is 4.79 Å². The van der Waals surface area contributed by atoms with Crippen LogP contribution in [0, 0.1) is 5.41 Å². The van der Waals surface area contributed by atoms with Gasteiger partial charge in [0.1, 0.15) is 0 Å². The fourth-order valence-corrected chi connectivity index (χ4v) is 2.80. The van der Waals surface area contributed by atoms with E-state index >= 15 is 0 Å². The maximum atomic E-state index is 13.0. The molecule has 22 heavy (non-hydrogen) atoms. The van der Waals surface area contributed by atoms with E-state index in [0.717, 1.165) is 5.57 Å². The molecule has 0 aliphatic heterocycles. The van der Waals surface area contributed by atoms with Gasteiger partial charge in [0.05, 0.1) is 0 Å². The van der Waals surface area contributed by atoms with Crippen LogP contribution in [0.3, 0.4) is 0 Å². The second-order valence-corrected chi connectivity index (χ2v) is 6.68. The van der Waals surface area contributed by atoms with Gasteiger partial charge in [0.25, 0.3) is 0 Å². The predicted octanol–water partition coefficient (Wildman–Crippen LogP) is 6.01. The summed E-state index contributed by atoms with van der Waals surface area (Å²) in [5.41, 5.74) is 4.58. The molecule has 0 aromatic heterocycles. The fourth-order valence-electron chi connectivity index (χ4n) is 2.80. The molecule has 0 fully saturated rings. The highest BCUT2D eigenvalue weighted by atomic mass is 19.1. The lowest BCUT2D eigenvalue weighted by atomic mass is 9.72. The van der Waals surface area contributed by atoms with Gasteiger partial charge >= 0.3 is 0 Å². The minimum Gasteiger partial charge on any atom is -0.295 e. The molecule has 0 amide bonds. The Bertz CT molecular complexity index is 569. The van der Waals surface area contributed by atoms with Crippen LogP contribution in [0.2, 0.25) is 0 Å². The molecule has 0 unspecified atom stereocenters. The normalized spacial score (nSPS) is 20.7. The SMILES string of the molecule is CC(C=CC1=C(C)CCCC1(C)C)=CC=CC(C)=C(F)C=O. The number of allylic oxidation sites excluding steroid dienone is 10. The van der Waals surface area contributed by atoms with E-state index in [1.54, 1.807) is 19.1 Å². The number of halogens is 1. The molecule has 0 atom stereocenters. The Morgan fingerprint density at radius 2 is 1.91 bits per heavy atom. The number of carbonyl (C=O) groups excluding carboxylic acids is 1. The smallest absolute Gasteiger partial charge is 0.178 e. The molecular weight excluding hydrogens is 275 g/mol. The highest BCUT2D eigenvalue weighted by Gasteiger charge is 2.26. The first-order valence-corrected chi connectivity index (χ1v) is 7.83. The molecular formula is C20H27FO. The molecule has 0 spiro atoms. The number of hydrogen-bond acceptors (Lipinski definition) is 1. The largest absolute Gasteiger partial charge is 0.295 e. The molecule has 0 bridgehead atoms. The fraction of sp³-hybridized carbons (Fsp3) is 0.450. The van der Waals surface area contributed by atoms with Crippen molar-refractivity contribution in [3.05, 3.63) is 58.5 Å². The average Bonchev–Trinajstić information content (AvgIpc) is 2.45. The number of rotatable bonds is 5. The standard InChI is InChI=1S/C20H27FO/c1-15(8-6-9-17(3)19(21)14-22)11-12-18-16(2)10-7-13-20(18,4)5/h6,8-9,11-12,14H,7,10,13H2,1-5H3. The van der Waals surface area contributed by atoms with Crippen molar-refractivity contribution in [2.24, 2.45) is 5.41 Å². The molecule has 0 radical (unpaired) electrons.